The maximum Gasteiger partial charge on any atom is 1.00 e. The van der Waals surface area contributed by atoms with E-state index < -0.39 is 36.5 Å². The number of carboxylic acid groups (broad SMARTS) is 2. The number of piperazine rings is 2. The molecule has 29 heavy (non-hydrogen) atoms. The summed E-state index contributed by atoms with van der Waals surface area (Å²) in [6.45, 7) is 5.92. The van der Waals surface area contributed by atoms with Crippen LogP contribution in [0.2, 0.25) is 0 Å². The number of carbonyl (C=O) groups is 2. The Labute approximate surface area is 247 Å². The van der Waals surface area contributed by atoms with Crippen LogP contribution in [0, 0.1) is 0 Å². The molecule has 2 heterocycles. The molecule has 0 bridgehead atoms. The van der Waals surface area contributed by atoms with Crippen molar-refractivity contribution >= 4 is 63.7 Å². The zero-order valence-corrected chi connectivity index (χ0v) is 29.6. The van der Waals surface area contributed by atoms with E-state index >= 15 is 0 Å². The first-order valence-corrected chi connectivity index (χ1v) is 16.4. The summed E-state index contributed by atoms with van der Waals surface area (Å²) in [7, 11) is 0. The summed E-state index contributed by atoms with van der Waals surface area (Å²) in [6, 6.07) is 0. The molecule has 0 radical (unpaired) electrons. The molecule has 2 aliphatic heterocycles. The number of nitrogens with zero attached hydrogens (tertiary/aromatic N) is 4. The third-order valence-corrected chi connectivity index (χ3v) is 16.5. The van der Waals surface area contributed by atoms with E-state index in [0.29, 0.717) is 26.2 Å². The quantitative estimate of drug-likeness (QED) is 0.138. The van der Waals surface area contributed by atoms with Crippen LogP contribution in [-0.4, -0.2) is 99.2 Å². The Balaban J connectivity index is 0.00000392. The molecular formula is C14H20HgN4Na2O4S4. The van der Waals surface area contributed by atoms with Gasteiger partial charge in [-0.15, -0.1) is 0 Å². The van der Waals surface area contributed by atoms with Gasteiger partial charge in [-0.3, -0.25) is 0 Å². The molecule has 2 rings (SSSR count). The molecule has 2 aliphatic rings. The summed E-state index contributed by atoms with van der Waals surface area (Å²) < 4.78 is 6.44. The molecule has 0 amide bonds. The standard InChI is InChI=1S/2C7H11N2O2S2.Hg.2Na/c2*10-7(11)5-8-1-3-9(4-2-8)13-6-12;;;/h2*1-5H2,(H,10,11);;;/q;;;2*+1/p-2. The van der Waals surface area contributed by atoms with E-state index in [2.05, 4.69) is 8.61 Å². The van der Waals surface area contributed by atoms with E-state index in [0.717, 1.165) is 29.6 Å². The zero-order chi connectivity index (χ0) is 19.8. The minimum atomic E-state index is -1.65. The van der Waals surface area contributed by atoms with Gasteiger partial charge in [-0.25, -0.2) is 0 Å². The number of aliphatic carboxylic acids is 2. The number of hydrogen-bond acceptors (Lipinski definition) is 12. The van der Waals surface area contributed by atoms with Gasteiger partial charge in [-0.1, -0.05) is 0 Å². The van der Waals surface area contributed by atoms with E-state index in [1.807, 2.05) is 9.80 Å². The van der Waals surface area contributed by atoms with Gasteiger partial charge in [0.05, 0.1) is 0 Å². The number of hydrogen-bond donors (Lipinski definition) is 0. The van der Waals surface area contributed by atoms with Gasteiger partial charge < -0.3 is 0 Å². The first-order chi connectivity index (χ1) is 12.8. The molecule has 0 aromatic rings. The van der Waals surface area contributed by atoms with Crippen LogP contribution < -0.4 is 69.3 Å². The molecule has 8 nitrogen and oxygen atoms in total. The summed E-state index contributed by atoms with van der Waals surface area (Å²) in [5.41, 5.74) is 0. The molecule has 0 aromatic heterocycles. The fraction of sp³-hybridized carbons (Fsp3) is 0.714. The molecule has 0 saturated carbocycles. The van der Waals surface area contributed by atoms with Crippen LogP contribution in [0.15, 0.2) is 0 Å². The summed E-state index contributed by atoms with van der Waals surface area (Å²) in [6.07, 6.45) is 0. The molecule has 0 atom stereocenters. The second-order valence-electron chi connectivity index (χ2n) is 6.26. The normalized spacial score (nSPS) is 18.8. The predicted molar refractivity (Wildman–Crippen MR) is 106 cm³/mol. The molecule has 148 valence electrons. The first-order valence-electron chi connectivity index (χ1n) is 8.57. The predicted octanol–water partition coefficient (Wildman–Crippen LogP) is -8.32. The van der Waals surface area contributed by atoms with Crippen molar-refractivity contribution in [1.82, 2.24) is 18.4 Å². The Morgan fingerprint density at radius 2 is 1.03 bits per heavy atom. The van der Waals surface area contributed by atoms with E-state index in [9.17, 15) is 19.8 Å². The van der Waals surface area contributed by atoms with Crippen LogP contribution in [0.1, 0.15) is 0 Å². The van der Waals surface area contributed by atoms with Crippen molar-refractivity contribution < 1.29 is 103 Å². The minimum absolute atomic E-state index is 0. The van der Waals surface area contributed by atoms with E-state index in [1.54, 1.807) is 23.9 Å². The molecule has 0 aromatic carbocycles. The maximum atomic E-state index is 10.6. The number of rotatable bonds is 8. The Hall–Kier alpha value is 2.60. The SMILES string of the molecule is O=C([O-])CN1CCN(S[C](=S)[Hg][C](=S)SN2CCN(CC(=O)[O-])CC2)CC1.[Na+].[Na+]. The largest absolute Gasteiger partial charge is 1.00 e. The van der Waals surface area contributed by atoms with E-state index in [1.165, 1.54) is 0 Å². The van der Waals surface area contributed by atoms with Crippen molar-refractivity contribution in [2.45, 2.75) is 0 Å². The Morgan fingerprint density at radius 3 is 1.31 bits per heavy atom. The van der Waals surface area contributed by atoms with Crippen LogP contribution in [0.25, 0.3) is 0 Å². The van der Waals surface area contributed by atoms with Crippen LogP contribution >= 0.6 is 48.3 Å². The molecule has 0 spiro atoms. The monoisotopic (exact) mass is 684 g/mol. The Kier molecular flexibility index (Phi) is 18.6. The molecule has 0 N–H and O–H groups in total. The van der Waals surface area contributed by atoms with Crippen LogP contribution in [-0.2, 0) is 34.2 Å². The van der Waals surface area contributed by atoms with Crippen molar-refractivity contribution in [2.75, 3.05) is 65.4 Å². The molecule has 2 saturated heterocycles. The van der Waals surface area contributed by atoms with Gasteiger partial charge in [0, 0.05) is 0 Å². The zero-order valence-electron chi connectivity index (χ0n) is 16.8. The smallest absolute Gasteiger partial charge is 1.00 e. The number of carboxylic acids is 2. The molecular weight excluding hydrogens is 663 g/mol. The van der Waals surface area contributed by atoms with Gasteiger partial charge in [0.25, 0.3) is 0 Å². The van der Waals surface area contributed by atoms with Crippen molar-refractivity contribution in [2.24, 2.45) is 0 Å². The molecule has 2 fully saturated rings. The second kappa shape index (κ2) is 17.1. The third-order valence-electron chi connectivity index (χ3n) is 4.12. The van der Waals surface area contributed by atoms with Crippen molar-refractivity contribution in [3.05, 3.63) is 0 Å². The summed E-state index contributed by atoms with van der Waals surface area (Å²) in [5.74, 6) is -2.07. The first kappa shape index (κ1) is 31.6. The van der Waals surface area contributed by atoms with E-state index in [-0.39, 0.29) is 72.2 Å². The maximum absolute atomic E-state index is 10.6. The van der Waals surface area contributed by atoms with Gasteiger partial charge >= 0.3 is 251 Å². The average molecular weight is 683 g/mol. The van der Waals surface area contributed by atoms with Crippen LogP contribution in [0.3, 0.4) is 0 Å². The Morgan fingerprint density at radius 1 is 0.724 bits per heavy atom. The molecule has 0 unspecified atom stereocenters. The van der Waals surface area contributed by atoms with Crippen LogP contribution in [0.4, 0.5) is 0 Å². The van der Waals surface area contributed by atoms with Crippen molar-refractivity contribution in [3.63, 3.8) is 0 Å². The van der Waals surface area contributed by atoms with Crippen molar-refractivity contribution in [3.8, 4) is 0 Å². The number of carbonyl (C=O) groups excluding carboxylic acids is 2. The summed E-state index contributed by atoms with van der Waals surface area (Å²) in [4.78, 5) is 25.0. The van der Waals surface area contributed by atoms with Crippen molar-refractivity contribution in [1.29, 1.82) is 0 Å². The fourth-order valence-corrected chi connectivity index (χ4v) is 19.8. The van der Waals surface area contributed by atoms with Gasteiger partial charge in [0.15, 0.2) is 0 Å². The third kappa shape index (κ3) is 13.8. The molecule has 0 aliphatic carbocycles. The average Bonchev–Trinajstić information content (AvgIpc) is 2.57. The second-order valence-corrected chi connectivity index (χ2v) is 25.0. The van der Waals surface area contributed by atoms with E-state index in [4.69, 9.17) is 24.4 Å². The van der Waals surface area contributed by atoms with Gasteiger partial charge in [0.2, 0.25) is 0 Å². The number of thiocarbonyl (C=S) groups is 2. The van der Waals surface area contributed by atoms with Gasteiger partial charge in [0.1, 0.15) is 0 Å². The van der Waals surface area contributed by atoms with Crippen LogP contribution in [0.5, 0.6) is 0 Å². The summed E-state index contributed by atoms with van der Waals surface area (Å²) in [5, 5.41) is 21.3. The molecule has 15 heteroatoms. The fourth-order valence-electron chi connectivity index (χ4n) is 2.79. The van der Waals surface area contributed by atoms with Gasteiger partial charge in [-0.05, 0) is 0 Å². The van der Waals surface area contributed by atoms with Gasteiger partial charge in [-0.2, -0.15) is 0 Å². The minimum Gasteiger partial charge on any atom is 1.00 e. The summed E-state index contributed by atoms with van der Waals surface area (Å²) >= 11 is 12.7. The Bertz CT molecular complexity index is 532. The topological polar surface area (TPSA) is 93.2 Å².